The number of nitrogens with zero attached hydrogens (tertiary/aromatic N) is 2. The molecule has 6 heteroatoms. The van der Waals surface area contributed by atoms with Gasteiger partial charge >= 0.3 is 0 Å². The summed E-state index contributed by atoms with van der Waals surface area (Å²) in [7, 11) is -4.52. The van der Waals surface area contributed by atoms with Crippen molar-refractivity contribution in [2.45, 2.75) is 4.90 Å². The Balaban J connectivity index is 1.98. The van der Waals surface area contributed by atoms with Gasteiger partial charge in [-0.2, -0.15) is 8.42 Å². The Morgan fingerprint density at radius 2 is 1.20 bits per heavy atom. The Hall–Kier alpha value is -3.61. The van der Waals surface area contributed by atoms with Crippen LogP contribution in [0.4, 0.5) is 0 Å². The fourth-order valence-corrected chi connectivity index (χ4v) is 4.56. The highest BCUT2D eigenvalue weighted by Gasteiger charge is 2.22. The van der Waals surface area contributed by atoms with Gasteiger partial charge in [0, 0.05) is 23.2 Å². The van der Waals surface area contributed by atoms with Crippen LogP contribution in [0, 0.1) is 0 Å². The van der Waals surface area contributed by atoms with Crippen LogP contribution < -0.4 is 0 Å². The average Bonchev–Trinajstić information content (AvgIpc) is 2.78. The summed E-state index contributed by atoms with van der Waals surface area (Å²) in [6.07, 6.45) is 3.32. The van der Waals surface area contributed by atoms with E-state index in [1.54, 1.807) is 18.5 Å². The van der Waals surface area contributed by atoms with Crippen molar-refractivity contribution >= 4 is 31.9 Å². The van der Waals surface area contributed by atoms with Crippen LogP contribution in [0.3, 0.4) is 0 Å². The highest BCUT2D eigenvalue weighted by atomic mass is 32.2. The van der Waals surface area contributed by atoms with E-state index in [4.69, 9.17) is 0 Å². The first-order valence-electron chi connectivity index (χ1n) is 9.33. The Morgan fingerprint density at radius 1 is 0.667 bits per heavy atom. The minimum atomic E-state index is -4.52. The summed E-state index contributed by atoms with van der Waals surface area (Å²) in [6.45, 7) is 0. The van der Waals surface area contributed by atoms with Crippen molar-refractivity contribution in [3.05, 3.63) is 91.3 Å². The highest BCUT2D eigenvalue weighted by Crippen LogP contribution is 2.38. The van der Waals surface area contributed by atoms with Gasteiger partial charge in [0.15, 0.2) is 0 Å². The second-order valence-electron chi connectivity index (χ2n) is 6.92. The molecule has 5 nitrogen and oxygen atoms in total. The molecule has 5 rings (SSSR count). The molecule has 3 aromatic carbocycles. The lowest BCUT2D eigenvalue weighted by Gasteiger charge is -2.14. The zero-order valence-electron chi connectivity index (χ0n) is 15.7. The van der Waals surface area contributed by atoms with Gasteiger partial charge in [-0.05, 0) is 40.5 Å². The van der Waals surface area contributed by atoms with Gasteiger partial charge in [-0.1, -0.05) is 60.7 Å². The minimum Gasteiger partial charge on any atom is -0.282 e. The quantitative estimate of drug-likeness (QED) is 0.319. The fraction of sp³-hybridized carbons (Fsp3) is 0. The van der Waals surface area contributed by atoms with Crippen LogP contribution in [0.2, 0.25) is 0 Å². The number of hydrogen-bond donors (Lipinski definition) is 1. The van der Waals surface area contributed by atoms with Crippen LogP contribution in [0.1, 0.15) is 0 Å². The van der Waals surface area contributed by atoms with Gasteiger partial charge in [-0.3, -0.25) is 14.5 Å². The van der Waals surface area contributed by atoms with Gasteiger partial charge in [0.05, 0.1) is 11.0 Å². The van der Waals surface area contributed by atoms with Crippen LogP contribution in [-0.2, 0) is 10.1 Å². The van der Waals surface area contributed by atoms with Gasteiger partial charge in [0.1, 0.15) is 4.90 Å². The van der Waals surface area contributed by atoms with Crippen LogP contribution >= 0.6 is 0 Å². The summed E-state index contributed by atoms with van der Waals surface area (Å²) in [5, 5.41) is 0.970. The van der Waals surface area contributed by atoms with E-state index < -0.39 is 10.1 Å². The van der Waals surface area contributed by atoms with E-state index in [0.717, 1.165) is 16.7 Å². The topological polar surface area (TPSA) is 80.2 Å². The van der Waals surface area contributed by atoms with Crippen LogP contribution in [0.25, 0.3) is 44.1 Å². The maximum atomic E-state index is 12.4. The first-order chi connectivity index (χ1) is 14.5. The third kappa shape index (κ3) is 3.03. The van der Waals surface area contributed by atoms with E-state index in [9.17, 15) is 13.0 Å². The lowest BCUT2D eigenvalue weighted by Crippen LogP contribution is -2.02. The third-order valence-electron chi connectivity index (χ3n) is 5.13. The molecule has 1 N–H and O–H groups in total. The van der Waals surface area contributed by atoms with E-state index in [2.05, 4.69) is 9.97 Å². The summed E-state index contributed by atoms with van der Waals surface area (Å²) in [4.78, 5) is 8.80. The number of benzene rings is 3. The molecule has 5 aromatic rings. The predicted octanol–water partition coefficient (Wildman–Crippen LogP) is 5.36. The van der Waals surface area contributed by atoms with Gasteiger partial charge < -0.3 is 0 Å². The Morgan fingerprint density at radius 3 is 1.80 bits per heavy atom. The summed E-state index contributed by atoms with van der Waals surface area (Å²) in [5.74, 6) is 0. The standard InChI is InChI=1S/C24H16N2O3S/c27-30(28,29)21-15-20-18(16-7-3-1-4-8-16)11-13-25-23(20)24-22(21)19(12-14-26-24)17-9-5-2-6-10-17/h1-15H,(H,27,28,29). The number of hydrogen-bond acceptors (Lipinski definition) is 4. The van der Waals surface area contributed by atoms with Crippen LogP contribution in [0.5, 0.6) is 0 Å². The molecule has 30 heavy (non-hydrogen) atoms. The van der Waals surface area contributed by atoms with Crippen molar-refractivity contribution in [2.24, 2.45) is 0 Å². The largest absolute Gasteiger partial charge is 0.295 e. The first-order valence-corrected chi connectivity index (χ1v) is 10.8. The van der Waals surface area contributed by atoms with Crippen LogP contribution in [-0.4, -0.2) is 22.9 Å². The molecule has 0 aliphatic carbocycles. The Labute approximate surface area is 173 Å². The number of fused-ring (bicyclic) bond motifs is 3. The molecular weight excluding hydrogens is 396 g/mol. The smallest absolute Gasteiger partial charge is 0.282 e. The molecule has 0 aliphatic heterocycles. The molecule has 0 radical (unpaired) electrons. The lowest BCUT2D eigenvalue weighted by atomic mass is 9.96. The molecule has 2 aromatic heterocycles. The zero-order valence-corrected chi connectivity index (χ0v) is 16.5. The van der Waals surface area contributed by atoms with Gasteiger partial charge in [-0.25, -0.2) is 0 Å². The van der Waals surface area contributed by atoms with Crippen molar-refractivity contribution in [1.82, 2.24) is 9.97 Å². The fourth-order valence-electron chi connectivity index (χ4n) is 3.83. The molecule has 146 valence electrons. The summed E-state index contributed by atoms with van der Waals surface area (Å²) in [6, 6.07) is 24.1. The molecule has 0 fully saturated rings. The van der Waals surface area contributed by atoms with Crippen molar-refractivity contribution in [3.63, 3.8) is 0 Å². The number of aromatic nitrogens is 2. The number of rotatable bonds is 3. The predicted molar refractivity (Wildman–Crippen MR) is 118 cm³/mol. The summed E-state index contributed by atoms with van der Waals surface area (Å²) in [5.41, 5.74) is 4.25. The Bertz CT molecular complexity index is 1500. The van der Waals surface area contributed by atoms with Crippen molar-refractivity contribution < 1.29 is 13.0 Å². The average molecular weight is 412 g/mol. The van der Waals surface area contributed by atoms with Gasteiger partial charge in [-0.15, -0.1) is 0 Å². The van der Waals surface area contributed by atoms with Crippen LogP contribution in [0.15, 0.2) is 96.2 Å². The SMILES string of the molecule is O=S(=O)(O)c1cc2c(-c3ccccc3)ccnc2c2nccc(-c3ccccc3)c12. The van der Waals surface area contributed by atoms with E-state index in [0.29, 0.717) is 27.4 Å². The second-order valence-corrected chi connectivity index (χ2v) is 8.31. The maximum absolute atomic E-state index is 12.4. The molecule has 0 atom stereocenters. The third-order valence-corrected chi connectivity index (χ3v) is 6.01. The summed E-state index contributed by atoms with van der Waals surface area (Å²) >= 11 is 0. The zero-order chi connectivity index (χ0) is 20.7. The molecule has 0 unspecified atom stereocenters. The molecule has 0 spiro atoms. The van der Waals surface area contributed by atoms with E-state index >= 15 is 0 Å². The van der Waals surface area contributed by atoms with Crippen molar-refractivity contribution in [3.8, 4) is 22.3 Å². The summed E-state index contributed by atoms with van der Waals surface area (Å²) < 4.78 is 35.0. The molecular formula is C24H16N2O3S. The van der Waals surface area contributed by atoms with E-state index in [-0.39, 0.29) is 4.90 Å². The van der Waals surface area contributed by atoms with E-state index in [1.165, 1.54) is 6.07 Å². The Kier molecular flexibility index (Phi) is 4.31. The minimum absolute atomic E-state index is 0.179. The number of pyridine rings is 2. The van der Waals surface area contributed by atoms with Crippen molar-refractivity contribution in [1.29, 1.82) is 0 Å². The highest BCUT2D eigenvalue weighted by molar-refractivity contribution is 7.86. The second kappa shape index (κ2) is 7.02. The first kappa shape index (κ1) is 18.4. The maximum Gasteiger partial charge on any atom is 0.295 e. The molecule has 0 amide bonds. The van der Waals surface area contributed by atoms with Gasteiger partial charge in [0.25, 0.3) is 10.1 Å². The molecule has 0 bridgehead atoms. The molecule has 0 aliphatic rings. The monoisotopic (exact) mass is 412 g/mol. The normalized spacial score (nSPS) is 11.8. The molecule has 0 saturated heterocycles. The van der Waals surface area contributed by atoms with Gasteiger partial charge in [0.2, 0.25) is 0 Å². The molecule has 2 heterocycles. The van der Waals surface area contributed by atoms with E-state index in [1.807, 2.05) is 66.7 Å². The molecule has 0 saturated carbocycles. The lowest BCUT2D eigenvalue weighted by molar-refractivity contribution is 0.484. The van der Waals surface area contributed by atoms with Crippen molar-refractivity contribution in [2.75, 3.05) is 0 Å².